The van der Waals surface area contributed by atoms with E-state index < -0.39 is 0 Å². The van der Waals surface area contributed by atoms with E-state index in [1.165, 1.54) is 0 Å². The lowest BCUT2D eigenvalue weighted by atomic mass is 10.2. The van der Waals surface area contributed by atoms with Crippen molar-refractivity contribution < 1.29 is 9.59 Å². The van der Waals surface area contributed by atoms with Crippen LogP contribution < -0.4 is 0 Å². The highest BCUT2D eigenvalue weighted by molar-refractivity contribution is 6.04. The second-order valence-electron chi connectivity index (χ2n) is 7.20. The first-order valence-electron chi connectivity index (χ1n) is 9.04. The molecule has 0 aliphatic heterocycles. The number of aromatic nitrogens is 2. The van der Waals surface area contributed by atoms with Crippen molar-refractivity contribution in [2.45, 2.75) is 0 Å². The Labute approximate surface area is 163 Å². The van der Waals surface area contributed by atoms with Gasteiger partial charge in [0.2, 0.25) is 0 Å². The first-order valence-corrected chi connectivity index (χ1v) is 9.04. The minimum absolute atomic E-state index is 0.0552. The fourth-order valence-electron chi connectivity index (χ4n) is 3.52. The van der Waals surface area contributed by atoms with Crippen molar-refractivity contribution in [1.29, 1.82) is 0 Å². The van der Waals surface area contributed by atoms with Gasteiger partial charge >= 0.3 is 0 Å². The molecule has 0 saturated carbocycles. The van der Waals surface area contributed by atoms with Crippen LogP contribution in [0.1, 0.15) is 20.7 Å². The number of hydrogen-bond acceptors (Lipinski definition) is 2. The molecular formula is C22H22N4O2. The summed E-state index contributed by atoms with van der Waals surface area (Å²) in [7, 11) is 6.98. The number of pyridine rings is 2. The van der Waals surface area contributed by atoms with Gasteiger partial charge in [0.05, 0.1) is 33.5 Å². The number of fused-ring (bicyclic) bond motifs is 2. The van der Waals surface area contributed by atoms with Gasteiger partial charge in [-0.2, -0.15) is 0 Å². The zero-order valence-corrected chi connectivity index (χ0v) is 16.4. The molecule has 0 atom stereocenters. The Balaban J connectivity index is 2.03. The van der Waals surface area contributed by atoms with Crippen LogP contribution in [0, 0.1) is 0 Å². The van der Waals surface area contributed by atoms with Gasteiger partial charge in [-0.25, -0.2) is 0 Å². The highest BCUT2D eigenvalue weighted by atomic mass is 16.2. The fourth-order valence-corrected chi connectivity index (χ4v) is 3.52. The largest absolute Gasteiger partial charge is 0.345 e. The van der Waals surface area contributed by atoms with E-state index in [1.54, 1.807) is 38.0 Å². The molecule has 0 unspecified atom stereocenters. The first-order chi connectivity index (χ1) is 13.4. The van der Waals surface area contributed by atoms with Gasteiger partial charge in [-0.3, -0.25) is 9.59 Å². The second kappa shape index (κ2) is 6.56. The van der Waals surface area contributed by atoms with Crippen molar-refractivity contribution in [2.75, 3.05) is 28.2 Å². The molecule has 0 aliphatic carbocycles. The molecule has 2 amide bonds. The molecule has 0 saturated heterocycles. The maximum Gasteiger partial charge on any atom is 0.255 e. The highest BCUT2D eigenvalue weighted by Gasteiger charge is 2.22. The molecule has 0 spiro atoms. The Morgan fingerprint density at radius 1 is 0.679 bits per heavy atom. The molecule has 6 nitrogen and oxygen atoms in total. The first kappa shape index (κ1) is 17.9. The third kappa shape index (κ3) is 2.65. The van der Waals surface area contributed by atoms with Crippen LogP contribution in [0.25, 0.3) is 22.4 Å². The van der Waals surface area contributed by atoms with E-state index in [9.17, 15) is 9.59 Å². The molecule has 4 rings (SSSR count). The van der Waals surface area contributed by atoms with Crippen molar-refractivity contribution in [3.8, 4) is 11.4 Å². The summed E-state index contributed by atoms with van der Waals surface area (Å²) in [6.07, 6.45) is 3.87. The lowest BCUT2D eigenvalue weighted by Crippen LogP contribution is -2.21. The maximum atomic E-state index is 12.7. The van der Waals surface area contributed by atoms with Crippen molar-refractivity contribution in [3.63, 3.8) is 0 Å². The number of rotatable bonds is 3. The molecular weight excluding hydrogens is 352 g/mol. The van der Waals surface area contributed by atoms with Crippen LogP contribution in [0.5, 0.6) is 0 Å². The molecule has 4 aromatic rings. The lowest BCUT2D eigenvalue weighted by Gasteiger charge is -2.08. The Morgan fingerprint density at radius 2 is 1.07 bits per heavy atom. The van der Waals surface area contributed by atoms with Gasteiger partial charge in [0.25, 0.3) is 11.8 Å². The van der Waals surface area contributed by atoms with E-state index in [0.717, 1.165) is 22.4 Å². The average Bonchev–Trinajstić information content (AvgIpc) is 3.25. The Kier molecular flexibility index (Phi) is 4.19. The Morgan fingerprint density at radius 3 is 1.43 bits per heavy atom. The summed E-state index contributed by atoms with van der Waals surface area (Å²) >= 11 is 0. The molecule has 4 heterocycles. The van der Waals surface area contributed by atoms with E-state index in [4.69, 9.17) is 0 Å². The molecule has 0 radical (unpaired) electrons. The Hall–Kier alpha value is -3.54. The number of hydrogen-bond donors (Lipinski definition) is 0. The molecule has 0 aliphatic rings. The monoisotopic (exact) mass is 374 g/mol. The van der Waals surface area contributed by atoms with E-state index in [0.29, 0.717) is 11.1 Å². The smallest absolute Gasteiger partial charge is 0.255 e. The minimum Gasteiger partial charge on any atom is -0.345 e. The van der Waals surface area contributed by atoms with E-state index >= 15 is 0 Å². The van der Waals surface area contributed by atoms with Crippen molar-refractivity contribution in [1.82, 2.24) is 18.6 Å². The standard InChI is InChI=1S/C22H22N4O2/c1-23(2)21(27)15-13-19(25-11-7-5-9-17(15)25)20-14-16(22(28)24(3)4)18-10-6-8-12-26(18)20/h5-14H,1-4H3. The van der Waals surface area contributed by atoms with Crippen LogP contribution in [-0.4, -0.2) is 58.6 Å². The summed E-state index contributed by atoms with van der Waals surface area (Å²) in [5, 5.41) is 0. The highest BCUT2D eigenvalue weighted by Crippen LogP contribution is 2.31. The zero-order valence-electron chi connectivity index (χ0n) is 16.4. The Bertz CT molecular complexity index is 1120. The number of carbonyl (C=O) groups is 2. The summed E-state index contributed by atoms with van der Waals surface area (Å²) in [6, 6.07) is 15.4. The van der Waals surface area contributed by atoms with Crippen LogP contribution >= 0.6 is 0 Å². The van der Waals surface area contributed by atoms with E-state index in [-0.39, 0.29) is 11.8 Å². The van der Waals surface area contributed by atoms with Gasteiger partial charge in [-0.05, 0) is 36.4 Å². The average molecular weight is 374 g/mol. The topological polar surface area (TPSA) is 49.4 Å². The van der Waals surface area contributed by atoms with Crippen LogP contribution in [-0.2, 0) is 0 Å². The van der Waals surface area contributed by atoms with Crippen molar-refractivity contribution in [2.24, 2.45) is 0 Å². The van der Waals surface area contributed by atoms with Gasteiger partial charge in [0.1, 0.15) is 0 Å². The predicted molar refractivity (Wildman–Crippen MR) is 110 cm³/mol. The molecule has 4 aromatic heterocycles. The summed E-state index contributed by atoms with van der Waals surface area (Å²) in [4.78, 5) is 28.6. The van der Waals surface area contributed by atoms with Gasteiger partial charge < -0.3 is 18.6 Å². The van der Waals surface area contributed by atoms with E-state index in [2.05, 4.69) is 0 Å². The normalized spacial score (nSPS) is 11.1. The van der Waals surface area contributed by atoms with Gasteiger partial charge in [0, 0.05) is 40.6 Å². The molecule has 0 aromatic carbocycles. The lowest BCUT2D eigenvalue weighted by molar-refractivity contribution is 0.0822. The van der Waals surface area contributed by atoms with Crippen LogP contribution in [0.2, 0.25) is 0 Å². The molecule has 28 heavy (non-hydrogen) atoms. The number of carbonyl (C=O) groups excluding carboxylic acids is 2. The van der Waals surface area contributed by atoms with Gasteiger partial charge in [0.15, 0.2) is 0 Å². The quantitative estimate of drug-likeness (QED) is 0.553. The second-order valence-corrected chi connectivity index (χ2v) is 7.20. The number of amides is 2. The molecule has 0 bridgehead atoms. The van der Waals surface area contributed by atoms with Crippen molar-refractivity contribution >= 4 is 22.8 Å². The van der Waals surface area contributed by atoms with Crippen molar-refractivity contribution in [3.05, 3.63) is 72.1 Å². The predicted octanol–water partition coefficient (Wildman–Crippen LogP) is 3.26. The molecule has 0 fully saturated rings. The van der Waals surface area contributed by atoms with Crippen LogP contribution in [0.3, 0.4) is 0 Å². The number of nitrogens with zero attached hydrogens (tertiary/aromatic N) is 4. The SMILES string of the molecule is CN(C)C(=O)c1cc(-c2cc(C(=O)N(C)C)c3ccccn23)n2ccccc12. The van der Waals surface area contributed by atoms with E-state index in [1.807, 2.05) is 69.7 Å². The minimum atomic E-state index is -0.0552. The summed E-state index contributed by atoms with van der Waals surface area (Å²) < 4.78 is 3.99. The molecule has 6 heteroatoms. The van der Waals surface area contributed by atoms with Crippen LogP contribution in [0.4, 0.5) is 0 Å². The summed E-state index contributed by atoms with van der Waals surface area (Å²) in [6.45, 7) is 0. The maximum absolute atomic E-state index is 12.7. The van der Waals surface area contributed by atoms with Crippen LogP contribution in [0.15, 0.2) is 60.9 Å². The summed E-state index contributed by atoms with van der Waals surface area (Å²) in [5.74, 6) is -0.110. The third-order valence-corrected chi connectivity index (χ3v) is 4.89. The molecule has 0 N–H and O–H groups in total. The zero-order chi connectivity index (χ0) is 20.0. The van der Waals surface area contributed by atoms with Gasteiger partial charge in [-0.1, -0.05) is 12.1 Å². The summed E-state index contributed by atoms with van der Waals surface area (Å²) in [5.41, 5.74) is 4.66. The fraction of sp³-hybridized carbons (Fsp3) is 0.182. The van der Waals surface area contributed by atoms with Gasteiger partial charge in [-0.15, -0.1) is 0 Å². The third-order valence-electron chi connectivity index (χ3n) is 4.89. The molecule has 142 valence electrons.